The topological polar surface area (TPSA) is 64.8 Å². The summed E-state index contributed by atoms with van der Waals surface area (Å²) in [7, 11) is 1.71. The molecule has 0 bridgehead atoms. The SMILES string of the molecule is COCC1CCN(C(=O)C2(CN)CCOCC2)C1. The average Bonchev–Trinajstić information content (AvgIpc) is 2.87. The van der Waals surface area contributed by atoms with Crippen LogP contribution in [0.5, 0.6) is 0 Å². The van der Waals surface area contributed by atoms with Crippen molar-refractivity contribution < 1.29 is 14.3 Å². The molecule has 2 fully saturated rings. The third-order valence-corrected chi connectivity index (χ3v) is 4.27. The molecule has 5 nitrogen and oxygen atoms in total. The number of hydrogen-bond acceptors (Lipinski definition) is 4. The smallest absolute Gasteiger partial charge is 0.230 e. The van der Waals surface area contributed by atoms with E-state index in [4.69, 9.17) is 15.2 Å². The van der Waals surface area contributed by atoms with Gasteiger partial charge >= 0.3 is 0 Å². The summed E-state index contributed by atoms with van der Waals surface area (Å²) in [6.07, 6.45) is 2.55. The van der Waals surface area contributed by atoms with Crippen molar-refractivity contribution in [2.45, 2.75) is 19.3 Å². The van der Waals surface area contributed by atoms with Crippen LogP contribution in [0.15, 0.2) is 0 Å². The van der Waals surface area contributed by atoms with Crippen molar-refractivity contribution in [1.82, 2.24) is 4.90 Å². The molecule has 0 radical (unpaired) electrons. The summed E-state index contributed by atoms with van der Waals surface area (Å²) in [6.45, 7) is 4.13. The Morgan fingerprint density at radius 3 is 2.83 bits per heavy atom. The minimum atomic E-state index is -0.375. The van der Waals surface area contributed by atoms with Crippen molar-refractivity contribution in [3.63, 3.8) is 0 Å². The Labute approximate surface area is 109 Å². The van der Waals surface area contributed by atoms with E-state index in [9.17, 15) is 4.79 Å². The molecule has 2 saturated heterocycles. The molecule has 1 atom stereocenters. The maximum absolute atomic E-state index is 12.7. The standard InChI is InChI=1S/C13H24N2O3/c1-17-9-11-2-5-15(8-11)12(16)13(10-14)3-6-18-7-4-13/h11H,2-10,14H2,1H3. The molecule has 1 unspecified atom stereocenters. The van der Waals surface area contributed by atoms with Crippen molar-refractivity contribution in [3.05, 3.63) is 0 Å². The van der Waals surface area contributed by atoms with Crippen molar-refractivity contribution in [3.8, 4) is 0 Å². The van der Waals surface area contributed by atoms with E-state index in [0.29, 0.717) is 25.7 Å². The van der Waals surface area contributed by atoms with Gasteiger partial charge in [-0.2, -0.15) is 0 Å². The van der Waals surface area contributed by atoms with E-state index in [2.05, 4.69) is 0 Å². The summed E-state index contributed by atoms with van der Waals surface area (Å²) in [4.78, 5) is 14.6. The van der Waals surface area contributed by atoms with Crippen LogP contribution >= 0.6 is 0 Å². The van der Waals surface area contributed by atoms with Gasteiger partial charge in [-0.3, -0.25) is 4.79 Å². The van der Waals surface area contributed by atoms with Gasteiger partial charge in [0.25, 0.3) is 0 Å². The molecule has 0 aliphatic carbocycles. The van der Waals surface area contributed by atoms with E-state index < -0.39 is 0 Å². The lowest BCUT2D eigenvalue weighted by molar-refractivity contribution is -0.146. The molecule has 2 N–H and O–H groups in total. The second-order valence-electron chi connectivity index (χ2n) is 5.46. The quantitative estimate of drug-likeness (QED) is 0.782. The maximum Gasteiger partial charge on any atom is 0.230 e. The van der Waals surface area contributed by atoms with Crippen LogP contribution in [-0.4, -0.2) is 57.4 Å². The predicted octanol–water partition coefficient (Wildman–Crippen LogP) is 0.237. The molecule has 2 rings (SSSR count). The Bertz CT molecular complexity index is 290. The molecular weight excluding hydrogens is 232 g/mol. The molecule has 0 aromatic carbocycles. The first-order chi connectivity index (χ1) is 8.72. The number of carbonyl (C=O) groups is 1. The van der Waals surface area contributed by atoms with E-state index in [1.54, 1.807) is 7.11 Å². The Hall–Kier alpha value is -0.650. The lowest BCUT2D eigenvalue weighted by Gasteiger charge is -2.37. The van der Waals surface area contributed by atoms with Gasteiger partial charge in [-0.15, -0.1) is 0 Å². The van der Waals surface area contributed by atoms with Crippen LogP contribution in [0.2, 0.25) is 0 Å². The Morgan fingerprint density at radius 1 is 1.50 bits per heavy atom. The molecule has 5 heteroatoms. The molecule has 2 aliphatic rings. The van der Waals surface area contributed by atoms with Gasteiger partial charge in [0.2, 0.25) is 5.91 Å². The van der Waals surface area contributed by atoms with Crippen molar-refractivity contribution in [2.24, 2.45) is 17.1 Å². The maximum atomic E-state index is 12.7. The average molecular weight is 256 g/mol. The van der Waals surface area contributed by atoms with Crippen LogP contribution in [-0.2, 0) is 14.3 Å². The predicted molar refractivity (Wildman–Crippen MR) is 68.1 cm³/mol. The van der Waals surface area contributed by atoms with Gasteiger partial charge in [0, 0.05) is 45.9 Å². The van der Waals surface area contributed by atoms with E-state index in [1.165, 1.54) is 0 Å². The van der Waals surface area contributed by atoms with Crippen molar-refractivity contribution in [1.29, 1.82) is 0 Å². The van der Waals surface area contributed by atoms with Gasteiger partial charge in [0.15, 0.2) is 0 Å². The molecule has 2 aliphatic heterocycles. The highest BCUT2D eigenvalue weighted by Gasteiger charge is 2.43. The first-order valence-corrected chi connectivity index (χ1v) is 6.78. The monoisotopic (exact) mass is 256 g/mol. The summed E-state index contributed by atoms with van der Waals surface area (Å²) in [5.74, 6) is 0.709. The fourth-order valence-electron chi connectivity index (χ4n) is 2.99. The van der Waals surface area contributed by atoms with Crippen molar-refractivity contribution >= 4 is 5.91 Å². The lowest BCUT2D eigenvalue weighted by Crippen LogP contribution is -2.50. The van der Waals surface area contributed by atoms with Crippen LogP contribution in [0.1, 0.15) is 19.3 Å². The van der Waals surface area contributed by atoms with Gasteiger partial charge in [-0.1, -0.05) is 0 Å². The zero-order valence-corrected chi connectivity index (χ0v) is 11.2. The number of amides is 1. The number of methoxy groups -OCH3 is 1. The molecule has 2 heterocycles. The van der Waals surface area contributed by atoms with Gasteiger partial charge < -0.3 is 20.1 Å². The lowest BCUT2D eigenvalue weighted by atomic mass is 9.79. The second kappa shape index (κ2) is 5.99. The van der Waals surface area contributed by atoms with E-state index in [1.807, 2.05) is 4.90 Å². The number of ether oxygens (including phenoxy) is 2. The van der Waals surface area contributed by atoms with Gasteiger partial charge in [-0.25, -0.2) is 0 Å². The number of carbonyl (C=O) groups excluding carboxylic acids is 1. The fourth-order valence-corrected chi connectivity index (χ4v) is 2.99. The molecule has 0 aromatic heterocycles. The van der Waals surface area contributed by atoms with Crippen LogP contribution in [0.4, 0.5) is 0 Å². The first kappa shape index (κ1) is 13.8. The normalized spacial score (nSPS) is 27.4. The summed E-state index contributed by atoms with van der Waals surface area (Å²) in [5.41, 5.74) is 5.50. The highest BCUT2D eigenvalue weighted by molar-refractivity contribution is 5.83. The highest BCUT2D eigenvalue weighted by atomic mass is 16.5. The van der Waals surface area contributed by atoms with Gasteiger partial charge in [0.05, 0.1) is 12.0 Å². The van der Waals surface area contributed by atoms with E-state index >= 15 is 0 Å². The Balaban J connectivity index is 1.97. The zero-order valence-electron chi connectivity index (χ0n) is 11.2. The molecule has 0 spiro atoms. The summed E-state index contributed by atoms with van der Waals surface area (Å²) >= 11 is 0. The zero-order chi connectivity index (χ0) is 13.0. The number of nitrogens with two attached hydrogens (primary N) is 1. The molecular formula is C13H24N2O3. The minimum Gasteiger partial charge on any atom is -0.384 e. The number of rotatable bonds is 4. The molecule has 104 valence electrons. The van der Waals surface area contributed by atoms with Crippen LogP contribution < -0.4 is 5.73 Å². The summed E-state index contributed by atoms with van der Waals surface area (Å²) < 4.78 is 10.5. The van der Waals surface area contributed by atoms with Crippen LogP contribution in [0, 0.1) is 11.3 Å². The molecule has 18 heavy (non-hydrogen) atoms. The summed E-state index contributed by atoms with van der Waals surface area (Å²) in [6, 6.07) is 0. The summed E-state index contributed by atoms with van der Waals surface area (Å²) in [5, 5.41) is 0. The third kappa shape index (κ3) is 2.68. The fraction of sp³-hybridized carbons (Fsp3) is 0.923. The van der Waals surface area contributed by atoms with E-state index in [0.717, 1.165) is 39.0 Å². The van der Waals surface area contributed by atoms with E-state index in [-0.39, 0.29) is 11.3 Å². The van der Waals surface area contributed by atoms with Gasteiger partial charge in [0.1, 0.15) is 0 Å². The number of likely N-dealkylation sites (tertiary alicyclic amines) is 1. The molecule has 0 saturated carbocycles. The minimum absolute atomic E-state index is 0.229. The van der Waals surface area contributed by atoms with Gasteiger partial charge in [-0.05, 0) is 19.3 Å². The first-order valence-electron chi connectivity index (χ1n) is 6.78. The van der Waals surface area contributed by atoms with Crippen molar-refractivity contribution in [2.75, 3.05) is 46.6 Å². The second-order valence-corrected chi connectivity index (χ2v) is 5.46. The molecule has 1 amide bonds. The largest absolute Gasteiger partial charge is 0.384 e. The Morgan fingerprint density at radius 2 is 2.22 bits per heavy atom. The highest BCUT2D eigenvalue weighted by Crippen LogP contribution is 2.33. The number of hydrogen-bond donors (Lipinski definition) is 1. The third-order valence-electron chi connectivity index (χ3n) is 4.27. The number of nitrogens with zero attached hydrogens (tertiary/aromatic N) is 1. The molecule has 0 aromatic rings. The Kier molecular flexibility index (Phi) is 4.59. The van der Waals surface area contributed by atoms with Crippen LogP contribution in [0.25, 0.3) is 0 Å². The van der Waals surface area contributed by atoms with Crippen LogP contribution in [0.3, 0.4) is 0 Å².